The van der Waals surface area contributed by atoms with Crippen molar-refractivity contribution in [3.8, 4) is 17.2 Å². The predicted octanol–water partition coefficient (Wildman–Crippen LogP) is 4.57. The Morgan fingerprint density at radius 2 is 1.90 bits per heavy atom. The summed E-state index contributed by atoms with van der Waals surface area (Å²) < 4.78 is 11.1. The van der Waals surface area contributed by atoms with E-state index in [1.54, 1.807) is 25.3 Å². The molecule has 0 saturated carbocycles. The Labute approximate surface area is 176 Å². The van der Waals surface area contributed by atoms with Gasteiger partial charge >= 0.3 is 0 Å². The molecule has 1 saturated heterocycles. The SMILES string of the molecule is COc1cc(OC)c(C(C=C=O)c2cccc(Cl)c2)c(O)c1CN1CCCCC1. The number of aromatic hydroxyl groups is 1. The van der Waals surface area contributed by atoms with Gasteiger partial charge in [-0.2, -0.15) is 0 Å². The predicted molar refractivity (Wildman–Crippen MR) is 114 cm³/mol. The summed E-state index contributed by atoms with van der Waals surface area (Å²) in [6, 6.07) is 8.97. The summed E-state index contributed by atoms with van der Waals surface area (Å²) in [6.07, 6.45) is 4.89. The molecule has 6 heteroatoms. The van der Waals surface area contributed by atoms with Crippen molar-refractivity contribution in [2.45, 2.75) is 31.7 Å². The smallest absolute Gasteiger partial charge is 0.131 e. The van der Waals surface area contributed by atoms with Gasteiger partial charge in [0.2, 0.25) is 0 Å². The summed E-state index contributed by atoms with van der Waals surface area (Å²) >= 11 is 6.16. The van der Waals surface area contributed by atoms with Crippen molar-refractivity contribution in [3.63, 3.8) is 0 Å². The number of allylic oxidation sites excluding steroid dienone is 1. The van der Waals surface area contributed by atoms with Crippen molar-refractivity contribution >= 4 is 17.5 Å². The van der Waals surface area contributed by atoms with Crippen LogP contribution < -0.4 is 9.47 Å². The van der Waals surface area contributed by atoms with Gasteiger partial charge in [0, 0.05) is 35.2 Å². The van der Waals surface area contributed by atoms with Crippen LogP contribution in [0.4, 0.5) is 0 Å². The molecule has 0 aliphatic carbocycles. The molecule has 1 aliphatic rings. The molecule has 0 spiro atoms. The Kier molecular flexibility index (Phi) is 7.21. The minimum atomic E-state index is -0.549. The molecule has 2 aromatic carbocycles. The molecule has 1 N–H and O–H groups in total. The highest BCUT2D eigenvalue weighted by atomic mass is 35.5. The summed E-state index contributed by atoms with van der Waals surface area (Å²) in [5.74, 6) is 2.40. The Hall–Kier alpha value is -2.46. The van der Waals surface area contributed by atoms with Crippen LogP contribution in [0.15, 0.2) is 36.4 Å². The van der Waals surface area contributed by atoms with Gasteiger partial charge in [0.05, 0.1) is 19.8 Å². The zero-order valence-corrected chi connectivity index (χ0v) is 17.5. The quantitative estimate of drug-likeness (QED) is 0.671. The van der Waals surface area contributed by atoms with Crippen LogP contribution >= 0.6 is 11.6 Å². The maximum Gasteiger partial charge on any atom is 0.131 e. The minimum absolute atomic E-state index is 0.0725. The molecule has 1 fully saturated rings. The summed E-state index contributed by atoms with van der Waals surface area (Å²) in [6.45, 7) is 2.53. The summed E-state index contributed by atoms with van der Waals surface area (Å²) in [5, 5.41) is 11.8. The van der Waals surface area contributed by atoms with Gasteiger partial charge in [-0.25, -0.2) is 4.79 Å². The number of phenolic OH excluding ortho intramolecular Hbond substituents is 1. The third kappa shape index (κ3) is 4.76. The summed E-state index contributed by atoms with van der Waals surface area (Å²) in [5.41, 5.74) is 1.96. The molecule has 0 bridgehead atoms. The lowest BCUT2D eigenvalue weighted by molar-refractivity contribution is 0.215. The largest absolute Gasteiger partial charge is 0.507 e. The van der Waals surface area contributed by atoms with Gasteiger partial charge in [0.15, 0.2) is 0 Å². The minimum Gasteiger partial charge on any atom is -0.507 e. The molecular weight excluding hydrogens is 390 g/mol. The number of ether oxygens (including phenoxy) is 2. The first-order valence-corrected chi connectivity index (χ1v) is 10.1. The molecule has 29 heavy (non-hydrogen) atoms. The van der Waals surface area contributed by atoms with Crippen molar-refractivity contribution < 1.29 is 19.4 Å². The second-order valence-corrected chi connectivity index (χ2v) is 7.61. The Balaban J connectivity index is 2.14. The van der Waals surface area contributed by atoms with Gasteiger partial charge in [-0.05, 0) is 43.6 Å². The van der Waals surface area contributed by atoms with E-state index >= 15 is 0 Å². The van der Waals surface area contributed by atoms with Crippen LogP contribution in [0.2, 0.25) is 5.02 Å². The lowest BCUT2D eigenvalue weighted by Crippen LogP contribution is -2.29. The van der Waals surface area contributed by atoms with Crippen molar-refractivity contribution in [1.82, 2.24) is 4.90 Å². The van der Waals surface area contributed by atoms with E-state index in [0.29, 0.717) is 34.2 Å². The molecule has 1 aliphatic heterocycles. The molecule has 154 valence electrons. The number of hydrogen-bond acceptors (Lipinski definition) is 5. The van der Waals surface area contributed by atoms with E-state index in [1.807, 2.05) is 18.1 Å². The van der Waals surface area contributed by atoms with Gasteiger partial charge < -0.3 is 14.6 Å². The zero-order valence-electron chi connectivity index (χ0n) is 16.8. The van der Waals surface area contributed by atoms with Crippen LogP contribution in [-0.2, 0) is 11.3 Å². The first-order chi connectivity index (χ1) is 14.1. The van der Waals surface area contributed by atoms with E-state index in [2.05, 4.69) is 4.90 Å². The Morgan fingerprint density at radius 3 is 2.52 bits per heavy atom. The molecule has 2 aromatic rings. The second kappa shape index (κ2) is 9.84. The summed E-state index contributed by atoms with van der Waals surface area (Å²) in [4.78, 5) is 13.6. The van der Waals surface area contributed by atoms with E-state index in [4.69, 9.17) is 21.1 Å². The number of rotatable bonds is 7. The summed E-state index contributed by atoms with van der Waals surface area (Å²) in [7, 11) is 3.11. The maximum absolute atomic E-state index is 11.3. The van der Waals surface area contributed by atoms with Crippen LogP contribution in [0.25, 0.3) is 0 Å². The topological polar surface area (TPSA) is 59.0 Å². The van der Waals surface area contributed by atoms with E-state index in [1.165, 1.54) is 19.6 Å². The van der Waals surface area contributed by atoms with Crippen molar-refractivity contribution in [3.05, 3.63) is 58.1 Å². The molecule has 0 amide bonds. The van der Waals surface area contributed by atoms with Crippen LogP contribution in [0.1, 0.15) is 41.9 Å². The fraction of sp³-hybridized carbons (Fsp3) is 0.391. The van der Waals surface area contributed by atoms with Gasteiger partial charge in [-0.15, -0.1) is 0 Å². The van der Waals surface area contributed by atoms with Crippen LogP contribution in [-0.4, -0.2) is 43.3 Å². The average molecular weight is 416 g/mol. The number of hydrogen-bond donors (Lipinski definition) is 1. The van der Waals surface area contributed by atoms with Gasteiger partial charge in [0.25, 0.3) is 0 Å². The monoisotopic (exact) mass is 415 g/mol. The number of phenols is 1. The molecule has 5 nitrogen and oxygen atoms in total. The number of benzene rings is 2. The third-order valence-electron chi connectivity index (χ3n) is 5.39. The molecule has 3 rings (SSSR count). The van der Waals surface area contributed by atoms with Gasteiger partial charge in [0.1, 0.15) is 23.2 Å². The zero-order chi connectivity index (χ0) is 20.8. The first kappa shape index (κ1) is 21.3. The number of methoxy groups -OCH3 is 2. The van der Waals surface area contributed by atoms with Crippen molar-refractivity contribution in [2.75, 3.05) is 27.3 Å². The van der Waals surface area contributed by atoms with Crippen LogP contribution in [0, 0.1) is 0 Å². The number of likely N-dealkylation sites (tertiary alicyclic amines) is 1. The highest BCUT2D eigenvalue weighted by Crippen LogP contribution is 2.45. The molecule has 0 radical (unpaired) electrons. The lowest BCUT2D eigenvalue weighted by atomic mass is 9.88. The lowest BCUT2D eigenvalue weighted by Gasteiger charge is -2.29. The Bertz CT molecular complexity index is 902. The van der Waals surface area contributed by atoms with E-state index < -0.39 is 5.92 Å². The first-order valence-electron chi connectivity index (χ1n) is 9.74. The van der Waals surface area contributed by atoms with Crippen molar-refractivity contribution in [1.29, 1.82) is 0 Å². The van der Waals surface area contributed by atoms with Gasteiger partial charge in [-0.3, -0.25) is 4.90 Å². The number of piperidine rings is 1. The fourth-order valence-electron chi connectivity index (χ4n) is 3.94. The third-order valence-corrected chi connectivity index (χ3v) is 5.62. The fourth-order valence-corrected chi connectivity index (χ4v) is 4.14. The second-order valence-electron chi connectivity index (χ2n) is 7.18. The molecule has 1 atom stereocenters. The van der Waals surface area contributed by atoms with Crippen LogP contribution in [0.5, 0.6) is 17.2 Å². The highest BCUT2D eigenvalue weighted by Gasteiger charge is 2.27. The van der Waals surface area contributed by atoms with E-state index in [0.717, 1.165) is 31.5 Å². The number of nitrogens with zero attached hydrogens (tertiary/aromatic N) is 1. The standard InChI is InChI=1S/C23H26ClNO4/c1-28-20-14-21(29-2)22(18(9-12-26)16-7-6-8-17(24)13-16)23(27)19(20)15-25-10-4-3-5-11-25/h6-9,13-14,18,27H,3-5,10-11,15H2,1-2H3. The van der Waals surface area contributed by atoms with E-state index in [-0.39, 0.29) is 5.75 Å². The molecule has 1 heterocycles. The van der Waals surface area contributed by atoms with Crippen molar-refractivity contribution in [2.24, 2.45) is 0 Å². The highest BCUT2D eigenvalue weighted by molar-refractivity contribution is 6.30. The normalized spacial score (nSPS) is 15.4. The average Bonchev–Trinajstić information content (AvgIpc) is 2.74. The Morgan fingerprint density at radius 1 is 1.17 bits per heavy atom. The van der Waals surface area contributed by atoms with E-state index in [9.17, 15) is 9.90 Å². The number of halogens is 1. The number of carbonyl (C=O) groups excluding carboxylic acids is 1. The molecule has 1 unspecified atom stereocenters. The molecular formula is C23H26ClNO4. The van der Waals surface area contributed by atoms with Gasteiger partial charge in [-0.1, -0.05) is 30.2 Å². The van der Waals surface area contributed by atoms with Crippen LogP contribution in [0.3, 0.4) is 0 Å². The molecule has 0 aromatic heterocycles. The maximum atomic E-state index is 11.3.